The Morgan fingerprint density at radius 3 is 1.90 bits per heavy atom. The van der Waals surface area contributed by atoms with Gasteiger partial charge in [-0.15, -0.1) is 0 Å². The van der Waals surface area contributed by atoms with Crippen LogP contribution >= 0.6 is 0 Å². The summed E-state index contributed by atoms with van der Waals surface area (Å²) in [6.07, 6.45) is -15.5. The molecule has 0 spiro atoms. The molecule has 0 radical (unpaired) electrons. The number of aliphatic hydroxyl groups is 5. The Morgan fingerprint density at radius 1 is 0.800 bits per heavy atom. The van der Waals surface area contributed by atoms with Crippen molar-refractivity contribution < 1.29 is 58.8 Å². The Hall–Kier alpha value is -1.86. The van der Waals surface area contributed by atoms with Crippen LogP contribution in [0.25, 0.3) is 0 Å². The molecule has 11 N–H and O–H groups in total. The smallest absolute Gasteiger partial charge is 0.421 e. The van der Waals surface area contributed by atoms with Gasteiger partial charge in [0.15, 0.2) is 12.6 Å². The van der Waals surface area contributed by atoms with Crippen LogP contribution in [0.2, 0.25) is 0 Å². The predicted octanol–water partition coefficient (Wildman–Crippen LogP) is -5.15. The molecule has 0 bridgehead atoms. The molecule has 30 heavy (non-hydrogen) atoms. The molecule has 2 saturated heterocycles. The van der Waals surface area contributed by atoms with E-state index in [1.54, 1.807) is 10.9 Å². The van der Waals surface area contributed by atoms with Crippen LogP contribution in [0.3, 0.4) is 0 Å². The zero-order valence-electron chi connectivity index (χ0n) is 15.6. The van der Waals surface area contributed by atoms with Gasteiger partial charge in [0.2, 0.25) is 0 Å². The number of carbonyl (C=O) groups excluding carboxylic acids is 2. The summed E-state index contributed by atoms with van der Waals surface area (Å²) in [6.45, 7) is -0.984. The van der Waals surface area contributed by atoms with Gasteiger partial charge in [-0.25, -0.2) is 21.3 Å². The van der Waals surface area contributed by atoms with Crippen LogP contribution < -0.4 is 22.5 Å². The lowest BCUT2D eigenvalue weighted by Gasteiger charge is -2.43. The summed E-state index contributed by atoms with van der Waals surface area (Å²) in [5, 5.41) is 50.2. The molecule has 0 aromatic rings. The van der Waals surface area contributed by atoms with Gasteiger partial charge in [-0.3, -0.25) is 10.9 Å². The van der Waals surface area contributed by atoms with Crippen molar-refractivity contribution in [2.45, 2.75) is 61.7 Å². The van der Waals surface area contributed by atoms with Crippen LogP contribution in [-0.4, -0.2) is 106 Å². The number of nitrogens with two attached hydrogens (primary N) is 2. The lowest BCUT2D eigenvalue weighted by atomic mass is 9.99. The molecule has 3 unspecified atom stereocenters. The van der Waals surface area contributed by atoms with Crippen molar-refractivity contribution in [1.82, 2.24) is 10.9 Å². The van der Waals surface area contributed by atoms with Gasteiger partial charge in [-0.2, -0.15) is 0 Å². The zero-order chi connectivity index (χ0) is 22.4. The number of ether oxygens (including phenoxy) is 5. The highest BCUT2D eigenvalue weighted by atomic mass is 16.8. The topological polar surface area (TPSA) is 258 Å². The number of amides is 2. The molecule has 2 aliphatic heterocycles. The second-order valence-electron chi connectivity index (χ2n) is 6.55. The quantitative estimate of drug-likeness (QED) is 0.106. The van der Waals surface area contributed by atoms with Gasteiger partial charge in [0.05, 0.1) is 6.10 Å². The minimum atomic E-state index is -1.76. The highest BCUT2D eigenvalue weighted by Gasteiger charge is 2.47. The standard InChI is InChI=1S/C14H26N4O12/c15-17-13(24)26-2-6-4(19)1-5(20)11(28-6)30-12-10(23)9(22)8(21)7(29-12)3-27-14(25)18-16/h4-12,19-23H,1-3,15-16H2,(H,17,24)(H,18,25)/t4-,5-,6+,7?,8+,9?,10?,11+,12+/m0/s1. The Labute approximate surface area is 169 Å². The Balaban J connectivity index is 2.00. The Bertz CT molecular complexity index is 585. The number of hydrazine groups is 2. The summed E-state index contributed by atoms with van der Waals surface area (Å²) >= 11 is 0. The van der Waals surface area contributed by atoms with E-state index in [4.69, 9.17) is 30.6 Å². The van der Waals surface area contributed by atoms with Crippen molar-refractivity contribution in [3.05, 3.63) is 0 Å². The van der Waals surface area contributed by atoms with E-state index in [1.807, 2.05) is 0 Å². The first-order valence-electron chi connectivity index (χ1n) is 8.81. The number of hydrogen-bond acceptors (Lipinski definition) is 14. The third-order valence-corrected chi connectivity index (χ3v) is 4.47. The average Bonchev–Trinajstić information content (AvgIpc) is 2.73. The molecular formula is C14H26N4O12. The summed E-state index contributed by atoms with van der Waals surface area (Å²) < 4.78 is 25.4. The van der Waals surface area contributed by atoms with E-state index in [0.717, 1.165) is 0 Å². The second kappa shape index (κ2) is 11.0. The van der Waals surface area contributed by atoms with Gasteiger partial charge < -0.3 is 49.2 Å². The van der Waals surface area contributed by atoms with Crippen molar-refractivity contribution in [2.75, 3.05) is 13.2 Å². The second-order valence-corrected chi connectivity index (χ2v) is 6.55. The number of nitrogens with one attached hydrogen (secondary N) is 2. The Kier molecular flexibility index (Phi) is 8.92. The molecule has 2 fully saturated rings. The first-order chi connectivity index (χ1) is 14.2. The van der Waals surface area contributed by atoms with Crippen LogP contribution in [0.4, 0.5) is 9.59 Å². The van der Waals surface area contributed by atoms with Crippen LogP contribution in [0.1, 0.15) is 6.42 Å². The van der Waals surface area contributed by atoms with Crippen molar-refractivity contribution in [3.63, 3.8) is 0 Å². The molecule has 16 nitrogen and oxygen atoms in total. The predicted molar refractivity (Wildman–Crippen MR) is 90.4 cm³/mol. The van der Waals surface area contributed by atoms with Gasteiger partial charge in [0.25, 0.3) is 0 Å². The number of aliphatic hydroxyl groups excluding tert-OH is 5. The largest absolute Gasteiger partial charge is 0.446 e. The van der Waals surface area contributed by atoms with Crippen molar-refractivity contribution in [2.24, 2.45) is 11.7 Å². The highest BCUT2D eigenvalue weighted by molar-refractivity contribution is 5.66. The summed E-state index contributed by atoms with van der Waals surface area (Å²) in [5.41, 5.74) is 3.41. The molecule has 0 saturated carbocycles. The maximum Gasteiger partial charge on any atom is 0.421 e. The van der Waals surface area contributed by atoms with Crippen LogP contribution in [0, 0.1) is 0 Å². The number of hydrogen-bond donors (Lipinski definition) is 9. The maximum atomic E-state index is 11.1. The summed E-state index contributed by atoms with van der Waals surface area (Å²) in [7, 11) is 0. The molecule has 2 rings (SSSR count). The third kappa shape index (κ3) is 6.08. The van der Waals surface area contributed by atoms with Crippen molar-refractivity contribution >= 4 is 12.2 Å². The first-order valence-corrected chi connectivity index (χ1v) is 8.81. The van der Waals surface area contributed by atoms with E-state index in [1.165, 1.54) is 0 Å². The normalized spacial score (nSPS) is 39.1. The highest BCUT2D eigenvalue weighted by Crippen LogP contribution is 2.28. The molecular weight excluding hydrogens is 416 g/mol. The van der Waals surface area contributed by atoms with Crippen LogP contribution in [0.15, 0.2) is 0 Å². The maximum absolute atomic E-state index is 11.1. The molecule has 2 amide bonds. The van der Waals surface area contributed by atoms with E-state index in [2.05, 4.69) is 4.74 Å². The molecule has 9 atom stereocenters. The summed E-state index contributed by atoms with van der Waals surface area (Å²) in [4.78, 5) is 22.2. The molecule has 2 heterocycles. The van der Waals surface area contributed by atoms with Crippen molar-refractivity contribution in [3.8, 4) is 0 Å². The molecule has 2 aliphatic rings. The van der Waals surface area contributed by atoms with Gasteiger partial charge in [-0.05, 0) is 0 Å². The number of rotatable bonds is 6. The first kappa shape index (κ1) is 24.4. The van der Waals surface area contributed by atoms with E-state index in [0.29, 0.717) is 0 Å². The lowest BCUT2D eigenvalue weighted by Crippen LogP contribution is -2.61. The molecule has 16 heteroatoms. The van der Waals surface area contributed by atoms with Gasteiger partial charge in [0.1, 0.15) is 49.8 Å². The lowest BCUT2D eigenvalue weighted by molar-refractivity contribution is -0.366. The Morgan fingerprint density at radius 2 is 1.33 bits per heavy atom. The average molecular weight is 442 g/mol. The molecule has 0 aromatic heterocycles. The molecule has 174 valence electrons. The molecule has 0 aromatic carbocycles. The fourth-order valence-corrected chi connectivity index (χ4v) is 2.83. The van der Waals surface area contributed by atoms with Gasteiger partial charge in [-0.1, -0.05) is 0 Å². The van der Waals surface area contributed by atoms with Crippen molar-refractivity contribution in [1.29, 1.82) is 0 Å². The fraction of sp³-hybridized carbons (Fsp3) is 0.857. The van der Waals surface area contributed by atoms with Gasteiger partial charge >= 0.3 is 12.2 Å². The minimum Gasteiger partial charge on any atom is -0.446 e. The van der Waals surface area contributed by atoms with E-state index >= 15 is 0 Å². The van der Waals surface area contributed by atoms with E-state index in [9.17, 15) is 35.1 Å². The van der Waals surface area contributed by atoms with Crippen LogP contribution in [0.5, 0.6) is 0 Å². The fourth-order valence-electron chi connectivity index (χ4n) is 2.83. The third-order valence-electron chi connectivity index (χ3n) is 4.47. The summed E-state index contributed by atoms with van der Waals surface area (Å²) in [5.74, 6) is 9.74. The van der Waals surface area contributed by atoms with E-state index < -0.39 is 80.7 Å². The van der Waals surface area contributed by atoms with E-state index in [-0.39, 0.29) is 6.42 Å². The zero-order valence-corrected chi connectivity index (χ0v) is 15.6. The van der Waals surface area contributed by atoms with Crippen LogP contribution in [-0.2, 0) is 23.7 Å². The minimum absolute atomic E-state index is 0.236. The van der Waals surface area contributed by atoms with Gasteiger partial charge in [0, 0.05) is 6.42 Å². The number of carbonyl (C=O) groups is 2. The molecule has 0 aliphatic carbocycles. The SMILES string of the molecule is NNC(=O)OCC1O[C@H](O[C@H]2O[C@H](COC(=O)NN)[C@@H](O)C[C@@H]2O)C(O)C(O)[C@@H]1O. The summed E-state index contributed by atoms with van der Waals surface area (Å²) in [6, 6.07) is 0. The monoisotopic (exact) mass is 442 g/mol.